The molecule has 0 aliphatic heterocycles. The minimum atomic E-state index is -2.75. The van der Waals surface area contributed by atoms with E-state index in [1.165, 1.54) is 6.07 Å². The number of alkyl halides is 2. The summed E-state index contributed by atoms with van der Waals surface area (Å²) in [7, 11) is 0. The zero-order valence-corrected chi connectivity index (χ0v) is 9.99. The molecule has 0 saturated carbocycles. The lowest BCUT2D eigenvalue weighted by molar-refractivity contribution is 0.0168. The van der Waals surface area contributed by atoms with Gasteiger partial charge < -0.3 is 0 Å². The van der Waals surface area contributed by atoms with Gasteiger partial charge in [0.15, 0.2) is 0 Å². The third-order valence-corrected chi connectivity index (χ3v) is 2.57. The van der Waals surface area contributed by atoms with Crippen LogP contribution >= 0.6 is 0 Å². The maximum absolute atomic E-state index is 13.1. The van der Waals surface area contributed by atoms with Crippen molar-refractivity contribution in [3.8, 4) is 0 Å². The number of hydrogen-bond acceptors (Lipinski definition) is 0. The first kappa shape index (κ1) is 12.2. The highest BCUT2D eigenvalue weighted by Crippen LogP contribution is 2.32. The minimum absolute atomic E-state index is 0.00627. The van der Waals surface area contributed by atoms with Crippen LogP contribution in [0.4, 0.5) is 8.78 Å². The van der Waals surface area contributed by atoms with Crippen molar-refractivity contribution >= 4 is 0 Å². The summed E-state index contributed by atoms with van der Waals surface area (Å²) in [5.74, 6) is -2.75. The molecule has 0 amide bonds. The number of halogens is 2. The third-order valence-electron chi connectivity index (χ3n) is 2.57. The molecular weight excluding hydrogens is 194 g/mol. The van der Waals surface area contributed by atoms with Crippen LogP contribution in [0, 0.1) is 6.92 Å². The topological polar surface area (TPSA) is 0 Å². The Kier molecular flexibility index (Phi) is 2.90. The molecule has 2 heteroatoms. The van der Waals surface area contributed by atoms with Crippen LogP contribution < -0.4 is 0 Å². The van der Waals surface area contributed by atoms with E-state index in [-0.39, 0.29) is 11.0 Å². The van der Waals surface area contributed by atoms with Crippen LogP contribution in [0.5, 0.6) is 0 Å². The molecule has 0 saturated heterocycles. The Hall–Kier alpha value is -0.920. The lowest BCUT2D eigenvalue weighted by Crippen LogP contribution is -2.14. The number of hydrogen-bond donors (Lipinski definition) is 0. The van der Waals surface area contributed by atoms with Crippen LogP contribution in [0.1, 0.15) is 44.4 Å². The minimum Gasteiger partial charge on any atom is -0.202 e. The van der Waals surface area contributed by atoms with Gasteiger partial charge in [0.2, 0.25) is 0 Å². The number of benzene rings is 1. The first-order valence-corrected chi connectivity index (χ1v) is 5.12. The highest BCUT2D eigenvalue weighted by molar-refractivity contribution is 5.36. The van der Waals surface area contributed by atoms with Crippen LogP contribution in [0.3, 0.4) is 0 Å². The van der Waals surface area contributed by atoms with Crippen molar-refractivity contribution in [2.45, 2.75) is 46.0 Å². The molecule has 1 aromatic rings. The van der Waals surface area contributed by atoms with E-state index >= 15 is 0 Å². The molecule has 0 fully saturated rings. The fourth-order valence-corrected chi connectivity index (χ4v) is 1.62. The summed E-state index contributed by atoms with van der Waals surface area (Å²) in [5, 5.41) is 0. The molecule has 0 aliphatic rings. The van der Waals surface area contributed by atoms with E-state index < -0.39 is 5.92 Å². The molecule has 0 heterocycles. The molecule has 0 unspecified atom stereocenters. The van der Waals surface area contributed by atoms with Crippen molar-refractivity contribution in [1.82, 2.24) is 0 Å². The van der Waals surface area contributed by atoms with E-state index in [1.807, 2.05) is 6.07 Å². The summed E-state index contributed by atoms with van der Waals surface area (Å²) in [4.78, 5) is 0. The summed E-state index contributed by atoms with van der Waals surface area (Å²) >= 11 is 0. The number of aryl methyl sites for hydroxylation is 1. The Labute approximate surface area is 90.3 Å². The molecule has 0 atom stereocenters. The van der Waals surface area contributed by atoms with Crippen LogP contribution in [0.15, 0.2) is 18.2 Å². The fraction of sp³-hybridized carbons (Fsp3) is 0.538. The predicted octanol–water partition coefficient (Wildman–Crippen LogP) is 4.40. The van der Waals surface area contributed by atoms with Crippen LogP contribution in [0.2, 0.25) is 0 Å². The lowest BCUT2D eigenvalue weighted by Gasteiger charge is -2.22. The Balaban J connectivity index is 3.21. The summed E-state index contributed by atoms with van der Waals surface area (Å²) in [5.41, 5.74) is 1.88. The van der Waals surface area contributed by atoms with Gasteiger partial charge in [-0.1, -0.05) is 39.0 Å². The Morgan fingerprint density at radius 3 is 1.87 bits per heavy atom. The van der Waals surface area contributed by atoms with Gasteiger partial charge in [-0.25, -0.2) is 8.78 Å². The smallest absolute Gasteiger partial charge is 0.202 e. The maximum Gasteiger partial charge on any atom is 0.270 e. The predicted molar refractivity (Wildman–Crippen MR) is 59.4 cm³/mol. The van der Waals surface area contributed by atoms with Crippen molar-refractivity contribution in [3.05, 3.63) is 34.9 Å². The van der Waals surface area contributed by atoms with Crippen LogP contribution in [-0.4, -0.2) is 0 Å². The monoisotopic (exact) mass is 212 g/mol. The Bertz CT molecular complexity index is 354. The molecule has 0 aliphatic carbocycles. The van der Waals surface area contributed by atoms with Crippen molar-refractivity contribution in [3.63, 3.8) is 0 Å². The molecule has 0 aromatic heterocycles. The molecule has 0 spiro atoms. The summed E-state index contributed by atoms with van der Waals surface area (Å²) < 4.78 is 26.3. The van der Waals surface area contributed by atoms with Crippen molar-refractivity contribution in [2.24, 2.45) is 0 Å². The molecule has 0 radical (unpaired) electrons. The first-order chi connectivity index (χ1) is 6.62. The van der Waals surface area contributed by atoms with Crippen molar-refractivity contribution in [2.75, 3.05) is 0 Å². The van der Waals surface area contributed by atoms with Gasteiger partial charge in [0, 0.05) is 12.5 Å². The van der Waals surface area contributed by atoms with Gasteiger partial charge in [0.1, 0.15) is 0 Å². The van der Waals surface area contributed by atoms with E-state index in [0.717, 1.165) is 12.5 Å². The second kappa shape index (κ2) is 3.58. The average molecular weight is 212 g/mol. The summed E-state index contributed by atoms with van der Waals surface area (Å²) in [6.45, 7) is 8.90. The van der Waals surface area contributed by atoms with Gasteiger partial charge in [0.05, 0.1) is 0 Å². The Morgan fingerprint density at radius 1 is 1.00 bits per heavy atom. The quantitative estimate of drug-likeness (QED) is 0.647. The molecule has 15 heavy (non-hydrogen) atoms. The normalized spacial score (nSPS) is 13.0. The van der Waals surface area contributed by atoms with Crippen molar-refractivity contribution < 1.29 is 8.78 Å². The van der Waals surface area contributed by atoms with Crippen LogP contribution in [0.25, 0.3) is 0 Å². The Morgan fingerprint density at radius 2 is 1.53 bits per heavy atom. The lowest BCUT2D eigenvalue weighted by atomic mass is 9.85. The zero-order chi connectivity index (χ0) is 11.9. The first-order valence-electron chi connectivity index (χ1n) is 5.12. The van der Waals surface area contributed by atoms with Gasteiger partial charge >= 0.3 is 0 Å². The third kappa shape index (κ3) is 2.77. The van der Waals surface area contributed by atoms with Gasteiger partial charge in [-0.15, -0.1) is 0 Å². The standard InChI is InChI=1S/C13H18F2/c1-9-8-10(12(2,3)4)6-7-11(9)13(5,14)15/h6-8H,1-5H3. The van der Waals surface area contributed by atoms with E-state index in [0.29, 0.717) is 5.56 Å². The average Bonchev–Trinajstić information content (AvgIpc) is 1.99. The largest absolute Gasteiger partial charge is 0.270 e. The molecule has 0 N–H and O–H groups in total. The second-order valence-electron chi connectivity index (χ2n) is 5.17. The summed E-state index contributed by atoms with van der Waals surface area (Å²) in [6, 6.07) is 5.18. The molecular formula is C13H18F2. The van der Waals surface area contributed by atoms with Gasteiger partial charge in [0.25, 0.3) is 5.92 Å². The second-order valence-corrected chi connectivity index (χ2v) is 5.17. The van der Waals surface area contributed by atoms with Gasteiger partial charge in [-0.05, 0) is 23.5 Å². The molecule has 0 nitrogen and oxygen atoms in total. The molecule has 1 aromatic carbocycles. The van der Waals surface area contributed by atoms with E-state index in [9.17, 15) is 8.78 Å². The van der Waals surface area contributed by atoms with Gasteiger partial charge in [-0.3, -0.25) is 0 Å². The maximum atomic E-state index is 13.1. The highest BCUT2D eigenvalue weighted by Gasteiger charge is 2.27. The fourth-order valence-electron chi connectivity index (χ4n) is 1.62. The van der Waals surface area contributed by atoms with E-state index in [4.69, 9.17) is 0 Å². The zero-order valence-electron chi connectivity index (χ0n) is 9.99. The highest BCUT2D eigenvalue weighted by atomic mass is 19.3. The molecule has 1 rings (SSSR count). The van der Waals surface area contributed by atoms with E-state index in [1.54, 1.807) is 13.0 Å². The van der Waals surface area contributed by atoms with E-state index in [2.05, 4.69) is 20.8 Å². The number of rotatable bonds is 1. The molecule has 0 bridgehead atoms. The van der Waals surface area contributed by atoms with Crippen molar-refractivity contribution in [1.29, 1.82) is 0 Å². The summed E-state index contributed by atoms with van der Waals surface area (Å²) in [6.07, 6.45) is 0. The van der Waals surface area contributed by atoms with Crippen LogP contribution in [-0.2, 0) is 11.3 Å². The van der Waals surface area contributed by atoms with Gasteiger partial charge in [-0.2, -0.15) is 0 Å². The molecule has 84 valence electrons. The SMILES string of the molecule is Cc1cc(C(C)(C)C)ccc1C(C)(F)F.